The van der Waals surface area contributed by atoms with Gasteiger partial charge in [0.25, 0.3) is 10.2 Å². The zero-order chi connectivity index (χ0) is 19.3. The number of ether oxygens (including phenoxy) is 2. The fourth-order valence-corrected chi connectivity index (χ4v) is 4.36. The standard InChI is InChI=1S/C19H25N3O4S/c1-15-4-3-11-22(14-15)27(23,24)21-13-16-9-10-20-19(12-16)26-18-7-5-17(25-2)6-8-18/h5-10,12,15,21H,3-4,11,13-14H2,1-2H3. The van der Waals surface area contributed by atoms with Gasteiger partial charge in [0.2, 0.25) is 5.88 Å². The number of methoxy groups -OCH3 is 1. The van der Waals surface area contributed by atoms with Crippen LogP contribution in [-0.2, 0) is 16.8 Å². The summed E-state index contributed by atoms with van der Waals surface area (Å²) < 4.78 is 40.0. The van der Waals surface area contributed by atoms with E-state index in [2.05, 4.69) is 16.6 Å². The van der Waals surface area contributed by atoms with Crippen LogP contribution in [0, 0.1) is 5.92 Å². The summed E-state index contributed by atoms with van der Waals surface area (Å²) in [5.74, 6) is 2.16. The van der Waals surface area contributed by atoms with E-state index < -0.39 is 10.2 Å². The van der Waals surface area contributed by atoms with Crippen LogP contribution in [0.2, 0.25) is 0 Å². The van der Waals surface area contributed by atoms with Gasteiger partial charge in [-0.05, 0) is 54.7 Å². The molecule has 1 atom stereocenters. The molecule has 1 unspecified atom stereocenters. The highest BCUT2D eigenvalue weighted by atomic mass is 32.2. The summed E-state index contributed by atoms with van der Waals surface area (Å²) in [7, 11) is -1.88. The lowest BCUT2D eigenvalue weighted by Gasteiger charge is -2.29. The van der Waals surface area contributed by atoms with E-state index in [-0.39, 0.29) is 6.54 Å². The quantitative estimate of drug-likeness (QED) is 0.785. The minimum atomic E-state index is -3.49. The maximum absolute atomic E-state index is 12.5. The Morgan fingerprint density at radius 2 is 1.96 bits per heavy atom. The minimum Gasteiger partial charge on any atom is -0.497 e. The lowest BCUT2D eigenvalue weighted by atomic mass is 10.0. The molecule has 2 heterocycles. The predicted molar refractivity (Wildman–Crippen MR) is 103 cm³/mol. The summed E-state index contributed by atoms with van der Waals surface area (Å²) in [6.07, 6.45) is 3.57. The maximum atomic E-state index is 12.5. The molecule has 8 heteroatoms. The van der Waals surface area contributed by atoms with Crippen molar-refractivity contribution in [2.45, 2.75) is 26.3 Å². The van der Waals surface area contributed by atoms with Crippen LogP contribution >= 0.6 is 0 Å². The number of piperidine rings is 1. The van der Waals surface area contributed by atoms with Crippen molar-refractivity contribution in [3.63, 3.8) is 0 Å². The van der Waals surface area contributed by atoms with Gasteiger partial charge in [0.05, 0.1) is 7.11 Å². The highest BCUT2D eigenvalue weighted by Gasteiger charge is 2.26. The minimum absolute atomic E-state index is 0.189. The van der Waals surface area contributed by atoms with Gasteiger partial charge in [0.15, 0.2) is 0 Å². The molecule has 27 heavy (non-hydrogen) atoms. The van der Waals surface area contributed by atoms with E-state index in [0.29, 0.717) is 30.6 Å². The molecule has 1 aliphatic rings. The average molecular weight is 391 g/mol. The topological polar surface area (TPSA) is 80.8 Å². The Balaban J connectivity index is 1.61. The summed E-state index contributed by atoms with van der Waals surface area (Å²) in [5.41, 5.74) is 0.780. The summed E-state index contributed by atoms with van der Waals surface area (Å²) in [4.78, 5) is 4.18. The Labute approximate surface area is 160 Å². The first-order valence-corrected chi connectivity index (χ1v) is 10.4. The molecule has 0 amide bonds. The molecule has 1 N–H and O–H groups in total. The van der Waals surface area contributed by atoms with Crippen molar-refractivity contribution in [2.24, 2.45) is 5.92 Å². The number of nitrogens with one attached hydrogen (secondary N) is 1. The zero-order valence-corrected chi connectivity index (χ0v) is 16.4. The molecule has 2 aromatic rings. The van der Waals surface area contributed by atoms with Crippen molar-refractivity contribution in [3.8, 4) is 17.4 Å². The highest BCUT2D eigenvalue weighted by Crippen LogP contribution is 2.23. The average Bonchev–Trinajstić information content (AvgIpc) is 2.67. The van der Waals surface area contributed by atoms with Crippen LogP contribution in [-0.4, -0.2) is 37.9 Å². The number of hydrogen-bond donors (Lipinski definition) is 1. The van der Waals surface area contributed by atoms with Crippen molar-refractivity contribution in [2.75, 3.05) is 20.2 Å². The first kappa shape index (κ1) is 19.6. The Morgan fingerprint density at radius 1 is 1.22 bits per heavy atom. The molecule has 1 saturated heterocycles. The van der Waals surface area contributed by atoms with Crippen LogP contribution < -0.4 is 14.2 Å². The Kier molecular flexibility index (Phi) is 6.30. The summed E-state index contributed by atoms with van der Waals surface area (Å²) >= 11 is 0. The summed E-state index contributed by atoms with van der Waals surface area (Å²) in [6.45, 7) is 3.40. The number of aromatic nitrogens is 1. The van der Waals surface area contributed by atoms with Gasteiger partial charge in [-0.1, -0.05) is 6.92 Å². The van der Waals surface area contributed by atoms with Crippen molar-refractivity contribution < 1.29 is 17.9 Å². The second-order valence-electron chi connectivity index (χ2n) is 6.71. The first-order valence-electron chi connectivity index (χ1n) is 8.98. The van der Waals surface area contributed by atoms with Crippen LogP contribution in [0.4, 0.5) is 0 Å². The molecule has 0 radical (unpaired) electrons. The van der Waals surface area contributed by atoms with Crippen LogP contribution in [0.5, 0.6) is 17.4 Å². The van der Waals surface area contributed by atoms with Gasteiger partial charge in [0, 0.05) is 31.9 Å². The molecule has 1 aromatic carbocycles. The van der Waals surface area contributed by atoms with Gasteiger partial charge in [0.1, 0.15) is 11.5 Å². The van der Waals surface area contributed by atoms with E-state index in [1.807, 2.05) is 0 Å². The molecule has 0 saturated carbocycles. The van der Waals surface area contributed by atoms with Crippen molar-refractivity contribution in [1.29, 1.82) is 0 Å². The molecule has 146 valence electrons. The Bertz CT molecular complexity index is 856. The van der Waals surface area contributed by atoms with E-state index in [9.17, 15) is 8.42 Å². The fraction of sp³-hybridized carbons (Fsp3) is 0.421. The number of nitrogens with zero attached hydrogens (tertiary/aromatic N) is 2. The van der Waals surface area contributed by atoms with Crippen molar-refractivity contribution >= 4 is 10.2 Å². The van der Waals surface area contributed by atoms with Crippen molar-refractivity contribution in [3.05, 3.63) is 48.2 Å². The van der Waals surface area contributed by atoms with E-state index in [1.54, 1.807) is 49.7 Å². The molecule has 1 aromatic heterocycles. The maximum Gasteiger partial charge on any atom is 0.279 e. The van der Waals surface area contributed by atoms with Gasteiger partial charge in [-0.15, -0.1) is 0 Å². The third-order valence-electron chi connectivity index (χ3n) is 4.50. The summed E-state index contributed by atoms with van der Waals surface area (Å²) in [5, 5.41) is 0. The van der Waals surface area contributed by atoms with Crippen LogP contribution in [0.25, 0.3) is 0 Å². The van der Waals surface area contributed by atoms with E-state index in [4.69, 9.17) is 9.47 Å². The molecule has 3 rings (SSSR count). The largest absolute Gasteiger partial charge is 0.497 e. The van der Waals surface area contributed by atoms with Gasteiger partial charge < -0.3 is 9.47 Å². The molecule has 1 aliphatic heterocycles. The molecule has 0 aliphatic carbocycles. The fourth-order valence-electron chi connectivity index (χ4n) is 3.01. The lowest BCUT2D eigenvalue weighted by molar-refractivity contribution is 0.278. The van der Waals surface area contributed by atoms with Gasteiger partial charge in [-0.2, -0.15) is 17.4 Å². The van der Waals surface area contributed by atoms with Gasteiger partial charge >= 0.3 is 0 Å². The molecular weight excluding hydrogens is 366 g/mol. The van der Waals surface area contributed by atoms with Crippen molar-refractivity contribution in [1.82, 2.24) is 14.0 Å². The summed E-state index contributed by atoms with van der Waals surface area (Å²) in [6, 6.07) is 10.7. The normalized spacial score (nSPS) is 18.2. The zero-order valence-electron chi connectivity index (χ0n) is 15.6. The first-order chi connectivity index (χ1) is 13.0. The monoisotopic (exact) mass is 391 g/mol. The third-order valence-corrected chi connectivity index (χ3v) is 6.02. The van der Waals surface area contributed by atoms with E-state index in [0.717, 1.165) is 24.2 Å². The predicted octanol–water partition coefficient (Wildman–Crippen LogP) is 2.95. The smallest absolute Gasteiger partial charge is 0.279 e. The van der Waals surface area contributed by atoms with Gasteiger partial charge in [-0.25, -0.2) is 4.98 Å². The van der Waals surface area contributed by atoms with Gasteiger partial charge in [-0.3, -0.25) is 0 Å². The third kappa shape index (κ3) is 5.41. The SMILES string of the molecule is COc1ccc(Oc2cc(CNS(=O)(=O)N3CCCC(C)C3)ccn2)cc1. The van der Waals surface area contributed by atoms with E-state index in [1.165, 1.54) is 4.31 Å². The van der Waals surface area contributed by atoms with Crippen LogP contribution in [0.3, 0.4) is 0 Å². The lowest BCUT2D eigenvalue weighted by Crippen LogP contribution is -2.45. The number of pyridine rings is 1. The Morgan fingerprint density at radius 3 is 2.67 bits per heavy atom. The molecule has 7 nitrogen and oxygen atoms in total. The second kappa shape index (κ2) is 8.69. The van der Waals surface area contributed by atoms with E-state index >= 15 is 0 Å². The molecular formula is C19H25N3O4S. The van der Waals surface area contributed by atoms with Crippen LogP contribution in [0.15, 0.2) is 42.6 Å². The Hall–Kier alpha value is -2.16. The molecule has 1 fully saturated rings. The molecule has 0 bridgehead atoms. The number of rotatable bonds is 7. The number of benzene rings is 1. The number of hydrogen-bond acceptors (Lipinski definition) is 5. The molecule has 0 spiro atoms. The highest BCUT2D eigenvalue weighted by molar-refractivity contribution is 7.87. The van der Waals surface area contributed by atoms with Crippen LogP contribution in [0.1, 0.15) is 25.3 Å². The second-order valence-corrected chi connectivity index (χ2v) is 8.47.